The Morgan fingerprint density at radius 1 is 1.27 bits per heavy atom. The van der Waals surface area contributed by atoms with Gasteiger partial charge in [-0.3, -0.25) is 0 Å². The number of aldehydes is 1. The Bertz CT molecular complexity index is 207. The largest absolute Gasteiger partial charge is 0.388 e. The molecule has 1 heterocycles. The molecule has 1 saturated heterocycles. The van der Waals surface area contributed by atoms with E-state index in [0.717, 1.165) is 0 Å². The normalized spacial score (nSPS) is 41.5. The van der Waals surface area contributed by atoms with Crippen LogP contribution < -0.4 is 0 Å². The van der Waals surface area contributed by atoms with E-state index < -0.39 is 30.7 Å². The minimum atomic E-state index is -1.34. The average molecular weight is 220 g/mol. The third-order valence-corrected chi connectivity index (χ3v) is 2.40. The summed E-state index contributed by atoms with van der Waals surface area (Å²) in [6.45, 7) is 1.55. The number of aliphatic hydroxyl groups excluding tert-OH is 3. The Hall–Kier alpha value is -0.530. The lowest BCUT2D eigenvalue weighted by Crippen LogP contribution is -2.58. The topological polar surface area (TPSA) is 96.2 Å². The van der Waals surface area contributed by atoms with Gasteiger partial charge in [0.05, 0.1) is 6.10 Å². The summed E-state index contributed by atoms with van der Waals surface area (Å²) in [4.78, 5) is 10.1. The summed E-state index contributed by atoms with van der Waals surface area (Å²) in [7, 11) is 0. The summed E-state index contributed by atoms with van der Waals surface area (Å²) < 4.78 is 10.1. The summed E-state index contributed by atoms with van der Waals surface area (Å²) in [5, 5.41) is 28.4. The molecule has 0 amide bonds. The van der Waals surface area contributed by atoms with E-state index in [1.54, 1.807) is 6.92 Å². The van der Waals surface area contributed by atoms with Crippen LogP contribution in [0.1, 0.15) is 13.3 Å². The lowest BCUT2D eigenvalue weighted by molar-refractivity contribution is -0.294. The van der Waals surface area contributed by atoms with Crippen molar-refractivity contribution in [1.82, 2.24) is 0 Å². The van der Waals surface area contributed by atoms with Crippen molar-refractivity contribution in [1.29, 1.82) is 0 Å². The molecule has 0 saturated carbocycles. The number of ether oxygens (including phenoxy) is 2. The van der Waals surface area contributed by atoms with Crippen LogP contribution in [0.15, 0.2) is 0 Å². The van der Waals surface area contributed by atoms with Crippen molar-refractivity contribution in [2.24, 2.45) is 0 Å². The van der Waals surface area contributed by atoms with E-state index in [1.807, 2.05) is 0 Å². The third kappa shape index (κ3) is 2.73. The summed E-state index contributed by atoms with van der Waals surface area (Å²) in [6, 6.07) is 0. The number of rotatable bonds is 4. The molecule has 0 bridgehead atoms. The predicted octanol–water partition coefficient (Wildman–Crippen LogP) is -1.58. The molecular formula is C9H16O6. The van der Waals surface area contributed by atoms with Crippen molar-refractivity contribution < 1.29 is 29.6 Å². The second-order valence-corrected chi connectivity index (χ2v) is 3.42. The predicted molar refractivity (Wildman–Crippen MR) is 49.0 cm³/mol. The highest BCUT2D eigenvalue weighted by molar-refractivity contribution is 5.50. The number of hydrogen-bond donors (Lipinski definition) is 3. The number of hydrogen-bond acceptors (Lipinski definition) is 6. The second-order valence-electron chi connectivity index (χ2n) is 3.42. The highest BCUT2D eigenvalue weighted by Crippen LogP contribution is 2.23. The lowest BCUT2D eigenvalue weighted by Gasteiger charge is -2.39. The van der Waals surface area contributed by atoms with E-state index in [2.05, 4.69) is 0 Å². The van der Waals surface area contributed by atoms with Gasteiger partial charge in [0.15, 0.2) is 6.29 Å². The van der Waals surface area contributed by atoms with Crippen LogP contribution in [0, 0.1) is 0 Å². The zero-order chi connectivity index (χ0) is 11.4. The maximum Gasteiger partial charge on any atom is 0.187 e. The van der Waals surface area contributed by atoms with Crippen molar-refractivity contribution in [3.05, 3.63) is 0 Å². The van der Waals surface area contributed by atoms with Gasteiger partial charge in [-0.25, -0.2) is 0 Å². The quantitative estimate of drug-likeness (QED) is 0.495. The molecule has 0 spiro atoms. The number of carbonyl (C=O) groups excluding carboxylic acids is 1. The van der Waals surface area contributed by atoms with Gasteiger partial charge in [-0.2, -0.15) is 0 Å². The smallest absolute Gasteiger partial charge is 0.187 e. The van der Waals surface area contributed by atoms with Crippen molar-refractivity contribution in [3.8, 4) is 0 Å². The molecule has 15 heavy (non-hydrogen) atoms. The first-order valence-electron chi connectivity index (χ1n) is 4.86. The molecule has 0 radical (unpaired) electrons. The molecule has 1 aliphatic rings. The maximum absolute atomic E-state index is 10.1. The molecule has 2 unspecified atom stereocenters. The zero-order valence-corrected chi connectivity index (χ0v) is 8.44. The molecule has 6 heteroatoms. The fourth-order valence-corrected chi connectivity index (χ4v) is 1.53. The van der Waals surface area contributed by atoms with Crippen LogP contribution >= 0.6 is 0 Å². The molecule has 0 aromatic heterocycles. The van der Waals surface area contributed by atoms with Crippen molar-refractivity contribution in [3.63, 3.8) is 0 Å². The second kappa shape index (κ2) is 5.53. The van der Waals surface area contributed by atoms with Crippen molar-refractivity contribution in [2.75, 3.05) is 6.61 Å². The first-order valence-corrected chi connectivity index (χ1v) is 4.86. The minimum Gasteiger partial charge on any atom is -0.388 e. The Kier molecular flexibility index (Phi) is 4.62. The van der Waals surface area contributed by atoms with E-state index >= 15 is 0 Å². The molecule has 5 atom stereocenters. The van der Waals surface area contributed by atoms with Crippen LogP contribution in [-0.4, -0.2) is 58.9 Å². The van der Waals surface area contributed by atoms with Crippen molar-refractivity contribution >= 4 is 6.29 Å². The Morgan fingerprint density at radius 2 is 1.93 bits per heavy atom. The Balaban J connectivity index is 2.60. The standard InChI is InChI=1S/C9H16O6/c1-2-5-6(11)7(12)8(13)9(15-5)14-4-3-10/h3,5-9,11-13H,2,4H2,1H3/t5?,6-,7+,8?,9+/m1/s1. The van der Waals surface area contributed by atoms with Gasteiger partial charge in [0.2, 0.25) is 0 Å². The molecule has 1 rings (SSSR count). The van der Waals surface area contributed by atoms with Gasteiger partial charge in [-0.1, -0.05) is 6.92 Å². The van der Waals surface area contributed by atoms with Gasteiger partial charge < -0.3 is 29.6 Å². The summed E-state index contributed by atoms with van der Waals surface area (Å²) in [5.74, 6) is 0. The SMILES string of the molecule is CCC1O[C@H](OCC=O)C(O)[C@@H](O)[C@@H]1O. The summed E-state index contributed by atoms with van der Waals surface area (Å²) >= 11 is 0. The number of aliphatic hydroxyl groups is 3. The van der Waals surface area contributed by atoms with Crippen LogP contribution in [-0.2, 0) is 14.3 Å². The van der Waals surface area contributed by atoms with E-state index in [-0.39, 0.29) is 6.61 Å². The lowest BCUT2D eigenvalue weighted by atomic mass is 9.97. The van der Waals surface area contributed by atoms with E-state index in [1.165, 1.54) is 0 Å². The van der Waals surface area contributed by atoms with Crippen LogP contribution in [0.25, 0.3) is 0 Å². The molecule has 3 N–H and O–H groups in total. The molecular weight excluding hydrogens is 204 g/mol. The Labute approximate surface area is 87.4 Å². The van der Waals surface area contributed by atoms with Gasteiger partial charge in [-0.15, -0.1) is 0 Å². The maximum atomic E-state index is 10.1. The first kappa shape index (κ1) is 12.5. The van der Waals surface area contributed by atoms with Crippen LogP contribution in [0.4, 0.5) is 0 Å². The van der Waals surface area contributed by atoms with E-state index in [9.17, 15) is 20.1 Å². The van der Waals surface area contributed by atoms with Gasteiger partial charge in [0, 0.05) is 0 Å². The van der Waals surface area contributed by atoms with Gasteiger partial charge in [0.25, 0.3) is 0 Å². The van der Waals surface area contributed by atoms with Crippen LogP contribution in [0.2, 0.25) is 0 Å². The molecule has 0 aromatic rings. The minimum absolute atomic E-state index is 0.221. The summed E-state index contributed by atoms with van der Waals surface area (Å²) in [6.07, 6.45) is -4.47. The Morgan fingerprint density at radius 3 is 2.47 bits per heavy atom. The van der Waals surface area contributed by atoms with Gasteiger partial charge in [-0.05, 0) is 6.42 Å². The van der Waals surface area contributed by atoms with Gasteiger partial charge >= 0.3 is 0 Å². The first-order chi connectivity index (χ1) is 7.11. The monoisotopic (exact) mass is 220 g/mol. The molecule has 0 aromatic carbocycles. The van der Waals surface area contributed by atoms with Gasteiger partial charge in [0.1, 0.15) is 31.2 Å². The third-order valence-electron chi connectivity index (χ3n) is 2.40. The van der Waals surface area contributed by atoms with Crippen LogP contribution in [0.5, 0.6) is 0 Å². The molecule has 88 valence electrons. The van der Waals surface area contributed by atoms with Crippen molar-refractivity contribution in [2.45, 2.75) is 44.1 Å². The number of carbonyl (C=O) groups is 1. The highest BCUT2D eigenvalue weighted by Gasteiger charge is 2.43. The van der Waals surface area contributed by atoms with E-state index in [0.29, 0.717) is 12.7 Å². The molecule has 1 fully saturated rings. The molecule has 0 aliphatic carbocycles. The average Bonchev–Trinajstić information content (AvgIpc) is 2.25. The zero-order valence-electron chi connectivity index (χ0n) is 8.44. The fourth-order valence-electron chi connectivity index (χ4n) is 1.53. The fraction of sp³-hybridized carbons (Fsp3) is 0.889. The van der Waals surface area contributed by atoms with Crippen LogP contribution in [0.3, 0.4) is 0 Å². The molecule has 1 aliphatic heterocycles. The molecule has 6 nitrogen and oxygen atoms in total. The summed E-state index contributed by atoms with van der Waals surface area (Å²) in [5.41, 5.74) is 0. The highest BCUT2D eigenvalue weighted by atomic mass is 16.7. The van der Waals surface area contributed by atoms with E-state index in [4.69, 9.17) is 9.47 Å².